The SMILES string of the molecule is COc1ccc(C)c(C)c1-c1c(OC(=O)c2cccc(Cl)c2)ccc(C)c1C. The molecule has 0 radical (unpaired) electrons. The summed E-state index contributed by atoms with van der Waals surface area (Å²) in [6.45, 7) is 8.18. The summed E-state index contributed by atoms with van der Waals surface area (Å²) in [5, 5.41) is 0.492. The molecule has 0 amide bonds. The maximum Gasteiger partial charge on any atom is 0.343 e. The second-order valence-electron chi connectivity index (χ2n) is 6.87. The topological polar surface area (TPSA) is 35.5 Å². The largest absolute Gasteiger partial charge is 0.496 e. The summed E-state index contributed by atoms with van der Waals surface area (Å²) >= 11 is 6.02. The Morgan fingerprint density at radius 2 is 1.39 bits per heavy atom. The molecule has 0 aliphatic rings. The van der Waals surface area contributed by atoms with Crippen LogP contribution in [-0.4, -0.2) is 13.1 Å². The molecule has 0 aromatic heterocycles. The number of ether oxygens (including phenoxy) is 2. The molecule has 3 nitrogen and oxygen atoms in total. The molecule has 0 aliphatic carbocycles. The molecule has 0 N–H and O–H groups in total. The Morgan fingerprint density at radius 1 is 0.821 bits per heavy atom. The molecule has 0 fully saturated rings. The van der Waals surface area contributed by atoms with E-state index in [1.165, 1.54) is 0 Å². The van der Waals surface area contributed by atoms with Gasteiger partial charge in [0.25, 0.3) is 0 Å². The number of esters is 1. The Balaban J connectivity index is 2.17. The summed E-state index contributed by atoms with van der Waals surface area (Å²) in [4.78, 5) is 12.7. The van der Waals surface area contributed by atoms with E-state index >= 15 is 0 Å². The smallest absolute Gasteiger partial charge is 0.343 e. The van der Waals surface area contributed by atoms with Gasteiger partial charge in [0.15, 0.2) is 0 Å². The highest BCUT2D eigenvalue weighted by Gasteiger charge is 2.21. The van der Waals surface area contributed by atoms with E-state index in [9.17, 15) is 4.79 Å². The van der Waals surface area contributed by atoms with Crippen LogP contribution in [-0.2, 0) is 0 Å². The Labute approximate surface area is 170 Å². The van der Waals surface area contributed by atoms with Gasteiger partial charge in [0.2, 0.25) is 0 Å². The van der Waals surface area contributed by atoms with Crippen LogP contribution in [0.25, 0.3) is 11.1 Å². The van der Waals surface area contributed by atoms with Gasteiger partial charge in [-0.15, -0.1) is 0 Å². The zero-order valence-corrected chi connectivity index (χ0v) is 17.5. The second-order valence-corrected chi connectivity index (χ2v) is 7.30. The van der Waals surface area contributed by atoms with E-state index in [2.05, 4.69) is 13.8 Å². The summed E-state index contributed by atoms with van der Waals surface area (Å²) < 4.78 is 11.5. The van der Waals surface area contributed by atoms with Crippen LogP contribution in [0.1, 0.15) is 32.6 Å². The molecule has 0 aliphatic heterocycles. The molecule has 0 unspecified atom stereocenters. The summed E-state index contributed by atoms with van der Waals surface area (Å²) in [6, 6.07) is 14.5. The molecule has 0 heterocycles. The third-order valence-corrected chi connectivity index (χ3v) is 5.36. The Bertz CT molecular complexity index is 1050. The van der Waals surface area contributed by atoms with Crippen molar-refractivity contribution < 1.29 is 14.3 Å². The van der Waals surface area contributed by atoms with Gasteiger partial charge in [-0.3, -0.25) is 0 Å². The standard InChI is InChI=1S/C24H23ClO3/c1-14-9-11-20(27-5)22(16(14)3)23-17(4)15(2)10-12-21(23)28-24(26)18-7-6-8-19(25)13-18/h6-13H,1-5H3. The molecule has 0 spiro atoms. The first-order chi connectivity index (χ1) is 13.3. The number of benzene rings is 3. The van der Waals surface area contributed by atoms with Crippen LogP contribution in [0, 0.1) is 27.7 Å². The lowest BCUT2D eigenvalue weighted by atomic mass is 9.90. The van der Waals surface area contributed by atoms with Gasteiger partial charge in [-0.1, -0.05) is 29.8 Å². The van der Waals surface area contributed by atoms with E-state index in [1.807, 2.05) is 38.1 Å². The van der Waals surface area contributed by atoms with Crippen molar-refractivity contribution in [3.63, 3.8) is 0 Å². The minimum Gasteiger partial charge on any atom is -0.496 e. The van der Waals surface area contributed by atoms with E-state index < -0.39 is 5.97 Å². The number of carbonyl (C=O) groups is 1. The van der Waals surface area contributed by atoms with Crippen molar-refractivity contribution in [2.24, 2.45) is 0 Å². The van der Waals surface area contributed by atoms with Gasteiger partial charge in [0.1, 0.15) is 11.5 Å². The van der Waals surface area contributed by atoms with E-state index in [1.54, 1.807) is 31.4 Å². The van der Waals surface area contributed by atoms with Crippen molar-refractivity contribution >= 4 is 17.6 Å². The number of rotatable bonds is 4. The summed E-state index contributed by atoms with van der Waals surface area (Å²) in [5.41, 5.74) is 6.61. The maximum absolute atomic E-state index is 12.7. The molecule has 28 heavy (non-hydrogen) atoms. The number of methoxy groups -OCH3 is 1. The van der Waals surface area contributed by atoms with Crippen molar-refractivity contribution in [2.75, 3.05) is 7.11 Å². The fourth-order valence-corrected chi connectivity index (χ4v) is 3.42. The molecule has 144 valence electrons. The molecular weight excluding hydrogens is 372 g/mol. The lowest BCUT2D eigenvalue weighted by molar-refractivity contribution is 0.0735. The second kappa shape index (κ2) is 8.07. The lowest BCUT2D eigenvalue weighted by Gasteiger charge is -2.20. The third kappa shape index (κ3) is 3.76. The minimum absolute atomic E-state index is 0.407. The van der Waals surface area contributed by atoms with Crippen LogP contribution in [0.5, 0.6) is 11.5 Å². The molecule has 0 saturated carbocycles. The zero-order valence-electron chi connectivity index (χ0n) is 16.7. The van der Waals surface area contributed by atoms with Crippen molar-refractivity contribution in [3.8, 4) is 22.6 Å². The van der Waals surface area contributed by atoms with Gasteiger partial charge in [-0.05, 0) is 80.3 Å². The van der Waals surface area contributed by atoms with E-state index in [-0.39, 0.29) is 0 Å². The van der Waals surface area contributed by atoms with Crippen LogP contribution < -0.4 is 9.47 Å². The Kier molecular flexibility index (Phi) is 5.76. The summed E-state index contributed by atoms with van der Waals surface area (Å²) in [5.74, 6) is 0.799. The van der Waals surface area contributed by atoms with E-state index in [0.717, 1.165) is 39.1 Å². The Morgan fingerprint density at radius 3 is 1.96 bits per heavy atom. The first-order valence-electron chi connectivity index (χ1n) is 9.06. The number of carbonyl (C=O) groups excluding carboxylic acids is 1. The monoisotopic (exact) mass is 394 g/mol. The minimum atomic E-state index is -0.448. The highest BCUT2D eigenvalue weighted by atomic mass is 35.5. The van der Waals surface area contributed by atoms with Crippen molar-refractivity contribution in [1.82, 2.24) is 0 Å². The van der Waals surface area contributed by atoms with Gasteiger partial charge >= 0.3 is 5.97 Å². The zero-order chi connectivity index (χ0) is 20.4. The highest BCUT2D eigenvalue weighted by molar-refractivity contribution is 6.30. The normalized spacial score (nSPS) is 10.6. The highest BCUT2D eigenvalue weighted by Crippen LogP contribution is 2.43. The van der Waals surface area contributed by atoms with Gasteiger partial charge in [0.05, 0.1) is 12.7 Å². The van der Waals surface area contributed by atoms with Crippen molar-refractivity contribution in [2.45, 2.75) is 27.7 Å². The van der Waals surface area contributed by atoms with E-state index in [0.29, 0.717) is 16.3 Å². The summed E-state index contributed by atoms with van der Waals surface area (Å²) in [7, 11) is 1.65. The lowest BCUT2D eigenvalue weighted by Crippen LogP contribution is -2.10. The van der Waals surface area contributed by atoms with E-state index in [4.69, 9.17) is 21.1 Å². The fourth-order valence-electron chi connectivity index (χ4n) is 3.23. The average Bonchev–Trinajstić information content (AvgIpc) is 2.68. The van der Waals surface area contributed by atoms with Gasteiger partial charge in [-0.25, -0.2) is 4.79 Å². The third-order valence-electron chi connectivity index (χ3n) is 5.13. The molecule has 3 rings (SSSR count). The number of halogens is 1. The maximum atomic E-state index is 12.7. The molecule has 3 aromatic carbocycles. The van der Waals surface area contributed by atoms with Gasteiger partial charge < -0.3 is 9.47 Å². The van der Waals surface area contributed by atoms with Crippen LogP contribution in [0.3, 0.4) is 0 Å². The fraction of sp³-hybridized carbons (Fsp3) is 0.208. The predicted octanol–water partition coefficient (Wildman–Crippen LogP) is 6.47. The average molecular weight is 395 g/mol. The predicted molar refractivity (Wildman–Crippen MR) is 114 cm³/mol. The summed E-state index contributed by atoms with van der Waals surface area (Å²) in [6.07, 6.45) is 0. The first kappa shape index (κ1) is 20.0. The molecule has 0 bridgehead atoms. The van der Waals surface area contributed by atoms with Crippen LogP contribution in [0.15, 0.2) is 48.5 Å². The van der Waals surface area contributed by atoms with Crippen LogP contribution in [0.4, 0.5) is 0 Å². The number of aryl methyl sites for hydroxylation is 2. The van der Waals surface area contributed by atoms with Crippen molar-refractivity contribution in [1.29, 1.82) is 0 Å². The van der Waals surface area contributed by atoms with Crippen LogP contribution in [0.2, 0.25) is 5.02 Å². The number of hydrogen-bond donors (Lipinski definition) is 0. The first-order valence-corrected chi connectivity index (χ1v) is 9.43. The molecule has 4 heteroatoms. The Hall–Kier alpha value is -2.78. The molecular formula is C24H23ClO3. The van der Waals surface area contributed by atoms with Crippen LogP contribution >= 0.6 is 11.6 Å². The van der Waals surface area contributed by atoms with Gasteiger partial charge in [0, 0.05) is 16.1 Å². The quantitative estimate of drug-likeness (QED) is 0.376. The molecule has 3 aromatic rings. The molecule has 0 saturated heterocycles. The molecule has 0 atom stereocenters. The number of hydrogen-bond acceptors (Lipinski definition) is 3. The van der Waals surface area contributed by atoms with Crippen molar-refractivity contribution in [3.05, 3.63) is 81.4 Å². The van der Waals surface area contributed by atoms with Gasteiger partial charge in [-0.2, -0.15) is 0 Å².